The average Bonchev–Trinajstić information content (AvgIpc) is 2.21. The van der Waals surface area contributed by atoms with Crippen molar-refractivity contribution in [1.29, 1.82) is 0 Å². The first-order chi connectivity index (χ1) is 7.74. The molecule has 16 heavy (non-hydrogen) atoms. The van der Waals surface area contributed by atoms with Crippen molar-refractivity contribution in [2.24, 2.45) is 5.92 Å². The van der Waals surface area contributed by atoms with Gasteiger partial charge in [0.15, 0.2) is 0 Å². The van der Waals surface area contributed by atoms with E-state index in [1.54, 1.807) is 0 Å². The third-order valence-corrected chi connectivity index (χ3v) is 3.77. The van der Waals surface area contributed by atoms with E-state index in [-0.39, 0.29) is 5.60 Å². The Morgan fingerprint density at radius 1 is 1.44 bits per heavy atom. The predicted octanol–water partition coefficient (Wildman–Crippen LogP) is 1.96. The van der Waals surface area contributed by atoms with Gasteiger partial charge in [0, 0.05) is 6.54 Å². The molecule has 2 rings (SSSR count). The molecule has 2 fully saturated rings. The molecule has 0 radical (unpaired) electrons. The van der Waals surface area contributed by atoms with E-state index < -0.39 is 0 Å². The fourth-order valence-electron chi connectivity index (χ4n) is 2.91. The number of ether oxygens (including phenoxy) is 2. The van der Waals surface area contributed by atoms with Gasteiger partial charge in [-0.3, -0.25) is 0 Å². The SMILES string of the molecule is CCNCC1(OC2COC2)CCCC(C)C1. The summed E-state index contributed by atoms with van der Waals surface area (Å²) in [5.74, 6) is 0.799. The summed E-state index contributed by atoms with van der Waals surface area (Å²) in [6, 6.07) is 0. The van der Waals surface area contributed by atoms with Crippen molar-refractivity contribution in [1.82, 2.24) is 5.32 Å². The second-order valence-corrected chi connectivity index (χ2v) is 5.44. The Morgan fingerprint density at radius 3 is 2.81 bits per heavy atom. The second-order valence-electron chi connectivity index (χ2n) is 5.44. The van der Waals surface area contributed by atoms with Crippen molar-refractivity contribution in [3.8, 4) is 0 Å². The molecule has 0 bridgehead atoms. The van der Waals surface area contributed by atoms with Crippen LogP contribution in [0.15, 0.2) is 0 Å². The Labute approximate surface area is 98.9 Å². The molecule has 1 heterocycles. The summed E-state index contributed by atoms with van der Waals surface area (Å²) in [7, 11) is 0. The minimum Gasteiger partial charge on any atom is -0.376 e. The summed E-state index contributed by atoms with van der Waals surface area (Å²) in [4.78, 5) is 0. The van der Waals surface area contributed by atoms with Gasteiger partial charge in [0.25, 0.3) is 0 Å². The van der Waals surface area contributed by atoms with Crippen LogP contribution in [0.4, 0.5) is 0 Å². The molecule has 3 heteroatoms. The van der Waals surface area contributed by atoms with Crippen LogP contribution < -0.4 is 5.32 Å². The van der Waals surface area contributed by atoms with Gasteiger partial charge in [-0.1, -0.05) is 26.7 Å². The Hall–Kier alpha value is -0.120. The van der Waals surface area contributed by atoms with Crippen LogP contribution >= 0.6 is 0 Å². The quantitative estimate of drug-likeness (QED) is 0.779. The molecule has 1 aliphatic carbocycles. The third kappa shape index (κ3) is 2.96. The van der Waals surface area contributed by atoms with E-state index >= 15 is 0 Å². The molecule has 0 aromatic rings. The number of rotatable bonds is 5. The number of likely N-dealkylation sites (N-methyl/N-ethyl adjacent to an activating group) is 1. The Bertz CT molecular complexity index is 218. The van der Waals surface area contributed by atoms with E-state index in [0.29, 0.717) is 6.10 Å². The van der Waals surface area contributed by atoms with Crippen molar-refractivity contribution >= 4 is 0 Å². The third-order valence-electron chi connectivity index (χ3n) is 3.77. The highest BCUT2D eigenvalue weighted by molar-refractivity contribution is 4.90. The summed E-state index contributed by atoms with van der Waals surface area (Å²) in [6.45, 7) is 8.13. The number of nitrogens with one attached hydrogen (secondary N) is 1. The Kier molecular flexibility index (Phi) is 4.22. The van der Waals surface area contributed by atoms with E-state index in [0.717, 1.165) is 32.2 Å². The van der Waals surface area contributed by atoms with Gasteiger partial charge in [-0.15, -0.1) is 0 Å². The van der Waals surface area contributed by atoms with E-state index in [4.69, 9.17) is 9.47 Å². The van der Waals surface area contributed by atoms with Crippen LogP contribution in [-0.2, 0) is 9.47 Å². The minimum absolute atomic E-state index is 0.0854. The van der Waals surface area contributed by atoms with Crippen LogP contribution in [0.5, 0.6) is 0 Å². The lowest BCUT2D eigenvalue weighted by molar-refractivity contribution is -0.204. The van der Waals surface area contributed by atoms with Crippen LogP contribution in [0.3, 0.4) is 0 Å². The van der Waals surface area contributed by atoms with Crippen molar-refractivity contribution in [3.05, 3.63) is 0 Å². The van der Waals surface area contributed by atoms with Gasteiger partial charge in [-0.2, -0.15) is 0 Å². The molecule has 3 nitrogen and oxygen atoms in total. The molecule has 2 aliphatic rings. The fraction of sp³-hybridized carbons (Fsp3) is 1.00. The molecular weight excluding hydrogens is 202 g/mol. The predicted molar refractivity (Wildman–Crippen MR) is 64.6 cm³/mol. The summed E-state index contributed by atoms with van der Waals surface area (Å²) in [6.07, 6.45) is 5.43. The fourth-order valence-corrected chi connectivity index (χ4v) is 2.91. The first-order valence-electron chi connectivity index (χ1n) is 6.70. The smallest absolute Gasteiger partial charge is 0.105 e. The maximum Gasteiger partial charge on any atom is 0.105 e. The molecule has 1 saturated carbocycles. The van der Waals surface area contributed by atoms with Gasteiger partial charge in [0.1, 0.15) is 6.10 Å². The molecule has 1 saturated heterocycles. The Morgan fingerprint density at radius 2 is 2.25 bits per heavy atom. The summed E-state index contributed by atoms with van der Waals surface area (Å²) >= 11 is 0. The lowest BCUT2D eigenvalue weighted by atomic mass is 9.78. The molecule has 0 aromatic heterocycles. The van der Waals surface area contributed by atoms with Gasteiger partial charge < -0.3 is 14.8 Å². The zero-order valence-electron chi connectivity index (χ0n) is 10.6. The molecule has 1 N–H and O–H groups in total. The van der Waals surface area contributed by atoms with Gasteiger partial charge in [-0.05, 0) is 25.3 Å². The van der Waals surface area contributed by atoms with Crippen molar-refractivity contribution in [2.45, 2.75) is 51.2 Å². The lowest BCUT2D eigenvalue weighted by Crippen LogP contribution is -2.52. The highest BCUT2D eigenvalue weighted by Crippen LogP contribution is 2.36. The number of hydrogen-bond acceptors (Lipinski definition) is 3. The van der Waals surface area contributed by atoms with Gasteiger partial charge in [0.2, 0.25) is 0 Å². The van der Waals surface area contributed by atoms with E-state index in [1.807, 2.05) is 0 Å². The summed E-state index contributed by atoms with van der Waals surface area (Å²) in [5, 5.41) is 3.47. The monoisotopic (exact) mass is 227 g/mol. The first kappa shape index (κ1) is 12.3. The number of hydrogen-bond donors (Lipinski definition) is 1. The second kappa shape index (κ2) is 5.48. The van der Waals surface area contributed by atoms with Crippen LogP contribution in [0.25, 0.3) is 0 Å². The largest absolute Gasteiger partial charge is 0.376 e. The van der Waals surface area contributed by atoms with Gasteiger partial charge >= 0.3 is 0 Å². The lowest BCUT2D eigenvalue weighted by Gasteiger charge is -2.44. The zero-order valence-corrected chi connectivity index (χ0v) is 10.6. The van der Waals surface area contributed by atoms with Gasteiger partial charge in [-0.25, -0.2) is 0 Å². The minimum atomic E-state index is 0.0854. The highest BCUT2D eigenvalue weighted by Gasteiger charge is 2.39. The van der Waals surface area contributed by atoms with Gasteiger partial charge in [0.05, 0.1) is 18.8 Å². The maximum atomic E-state index is 6.30. The molecule has 1 aliphatic heterocycles. The molecular formula is C13H25NO2. The van der Waals surface area contributed by atoms with E-state index in [1.165, 1.54) is 25.7 Å². The molecule has 2 atom stereocenters. The topological polar surface area (TPSA) is 30.5 Å². The summed E-state index contributed by atoms with van der Waals surface area (Å²) in [5.41, 5.74) is 0.0854. The van der Waals surface area contributed by atoms with E-state index in [9.17, 15) is 0 Å². The molecule has 0 aromatic carbocycles. The van der Waals surface area contributed by atoms with Crippen LogP contribution in [0, 0.1) is 5.92 Å². The standard InChI is InChI=1S/C13H25NO2/c1-3-14-10-13(16-12-8-15-9-12)6-4-5-11(2)7-13/h11-12,14H,3-10H2,1-2H3. The molecule has 2 unspecified atom stereocenters. The average molecular weight is 227 g/mol. The molecule has 0 spiro atoms. The first-order valence-corrected chi connectivity index (χ1v) is 6.70. The molecule has 0 amide bonds. The summed E-state index contributed by atoms with van der Waals surface area (Å²) < 4.78 is 11.5. The zero-order chi connectivity index (χ0) is 11.4. The maximum absolute atomic E-state index is 6.30. The van der Waals surface area contributed by atoms with Crippen molar-refractivity contribution in [2.75, 3.05) is 26.3 Å². The van der Waals surface area contributed by atoms with Crippen molar-refractivity contribution in [3.63, 3.8) is 0 Å². The van der Waals surface area contributed by atoms with Crippen LogP contribution in [-0.4, -0.2) is 38.0 Å². The Balaban J connectivity index is 1.92. The van der Waals surface area contributed by atoms with Crippen molar-refractivity contribution < 1.29 is 9.47 Å². The van der Waals surface area contributed by atoms with E-state index in [2.05, 4.69) is 19.2 Å². The van der Waals surface area contributed by atoms with Crippen LogP contribution in [0.1, 0.15) is 39.5 Å². The normalized spacial score (nSPS) is 36.0. The highest BCUT2D eigenvalue weighted by atomic mass is 16.6. The van der Waals surface area contributed by atoms with Crippen LogP contribution in [0.2, 0.25) is 0 Å². The molecule has 94 valence electrons.